The molecule has 1 heterocycles. The Morgan fingerprint density at radius 1 is 1.33 bits per heavy atom. The molecule has 0 radical (unpaired) electrons. The third kappa shape index (κ3) is 2.91. The molecule has 0 fully saturated rings. The van der Waals surface area contributed by atoms with Crippen molar-refractivity contribution in [1.82, 2.24) is 0 Å². The first-order valence-electron chi connectivity index (χ1n) is 5.84. The maximum Gasteiger partial charge on any atom is 0.371 e. The van der Waals surface area contributed by atoms with Crippen LogP contribution in [0.1, 0.15) is 28.8 Å². The molecule has 0 saturated heterocycles. The lowest BCUT2D eigenvalue weighted by molar-refractivity contribution is 0.0660. The zero-order valence-electron chi connectivity index (χ0n) is 10.1. The van der Waals surface area contributed by atoms with Crippen molar-refractivity contribution < 1.29 is 14.3 Å². The number of rotatable bonds is 5. The van der Waals surface area contributed by atoms with Crippen molar-refractivity contribution in [2.45, 2.75) is 19.9 Å². The molecule has 0 atom stereocenters. The third-order valence-electron chi connectivity index (χ3n) is 2.67. The van der Waals surface area contributed by atoms with Crippen LogP contribution in [0.5, 0.6) is 0 Å². The molecule has 0 aliphatic carbocycles. The molecule has 0 spiro atoms. The van der Waals surface area contributed by atoms with Crippen molar-refractivity contribution in [2.24, 2.45) is 0 Å². The maximum absolute atomic E-state index is 10.7. The Kier molecular flexibility index (Phi) is 3.67. The van der Waals surface area contributed by atoms with E-state index >= 15 is 0 Å². The second-order valence-electron chi connectivity index (χ2n) is 3.98. The second-order valence-corrected chi connectivity index (χ2v) is 3.98. The average molecular weight is 245 g/mol. The number of anilines is 1. The highest BCUT2D eigenvalue weighted by atomic mass is 16.4. The van der Waals surface area contributed by atoms with E-state index in [1.54, 1.807) is 6.07 Å². The molecule has 1 aromatic heterocycles. The van der Waals surface area contributed by atoms with Crippen LogP contribution in [0, 0.1) is 0 Å². The van der Waals surface area contributed by atoms with Gasteiger partial charge in [-0.3, -0.25) is 0 Å². The lowest BCUT2D eigenvalue weighted by Crippen LogP contribution is -1.99. The number of carboxylic acid groups (broad SMARTS) is 1. The quantitative estimate of drug-likeness (QED) is 0.849. The van der Waals surface area contributed by atoms with Crippen molar-refractivity contribution >= 4 is 11.7 Å². The maximum atomic E-state index is 10.7. The van der Waals surface area contributed by atoms with Gasteiger partial charge in [-0.05, 0) is 36.2 Å². The Balaban J connectivity index is 1.99. The van der Waals surface area contributed by atoms with Crippen LogP contribution < -0.4 is 5.32 Å². The summed E-state index contributed by atoms with van der Waals surface area (Å²) in [6, 6.07) is 11.2. The summed E-state index contributed by atoms with van der Waals surface area (Å²) < 4.78 is 5.16. The smallest absolute Gasteiger partial charge is 0.371 e. The van der Waals surface area contributed by atoms with Gasteiger partial charge in [-0.15, -0.1) is 0 Å². The van der Waals surface area contributed by atoms with E-state index in [9.17, 15) is 4.79 Å². The first kappa shape index (κ1) is 12.2. The number of hydrogen-bond acceptors (Lipinski definition) is 3. The van der Waals surface area contributed by atoms with Crippen molar-refractivity contribution in [3.05, 3.63) is 53.5 Å². The minimum atomic E-state index is -1.05. The van der Waals surface area contributed by atoms with Crippen LogP contribution in [-0.2, 0) is 13.0 Å². The molecule has 2 aromatic rings. The fourth-order valence-electron chi connectivity index (χ4n) is 1.68. The molecule has 4 nitrogen and oxygen atoms in total. The molecule has 0 bridgehead atoms. The van der Waals surface area contributed by atoms with Gasteiger partial charge in [-0.2, -0.15) is 0 Å². The van der Waals surface area contributed by atoms with E-state index in [-0.39, 0.29) is 5.76 Å². The monoisotopic (exact) mass is 245 g/mol. The first-order valence-corrected chi connectivity index (χ1v) is 5.84. The molecule has 0 amide bonds. The first-order chi connectivity index (χ1) is 8.69. The number of carboxylic acids is 1. The topological polar surface area (TPSA) is 62.5 Å². The average Bonchev–Trinajstić information content (AvgIpc) is 2.85. The van der Waals surface area contributed by atoms with Gasteiger partial charge in [0, 0.05) is 5.69 Å². The lowest BCUT2D eigenvalue weighted by atomic mass is 10.1. The Morgan fingerprint density at radius 2 is 2.17 bits per heavy atom. The van der Waals surface area contributed by atoms with E-state index in [2.05, 4.69) is 24.4 Å². The Hall–Kier alpha value is -2.23. The van der Waals surface area contributed by atoms with Gasteiger partial charge in [0.1, 0.15) is 5.76 Å². The van der Waals surface area contributed by atoms with Gasteiger partial charge in [-0.1, -0.05) is 19.1 Å². The van der Waals surface area contributed by atoms with E-state index in [4.69, 9.17) is 9.52 Å². The number of nitrogens with one attached hydrogen (secondary N) is 1. The third-order valence-corrected chi connectivity index (χ3v) is 2.67. The molecule has 2 rings (SSSR count). The molecule has 0 aliphatic rings. The largest absolute Gasteiger partial charge is 0.475 e. The van der Waals surface area contributed by atoms with Crippen molar-refractivity contribution in [3.8, 4) is 0 Å². The molecule has 0 unspecified atom stereocenters. The highest BCUT2D eigenvalue weighted by Crippen LogP contribution is 2.14. The number of aromatic carboxylic acids is 1. The van der Waals surface area contributed by atoms with Gasteiger partial charge in [-0.25, -0.2) is 4.79 Å². The van der Waals surface area contributed by atoms with Crippen LogP contribution in [-0.4, -0.2) is 11.1 Å². The van der Waals surface area contributed by atoms with E-state index < -0.39 is 5.97 Å². The van der Waals surface area contributed by atoms with Crippen LogP contribution in [0.3, 0.4) is 0 Å². The summed E-state index contributed by atoms with van der Waals surface area (Å²) in [5.74, 6) is -0.474. The summed E-state index contributed by atoms with van der Waals surface area (Å²) in [4.78, 5) is 10.7. The van der Waals surface area contributed by atoms with Gasteiger partial charge in [0.15, 0.2) is 0 Å². The summed E-state index contributed by atoms with van der Waals surface area (Å²) in [5.41, 5.74) is 2.26. The number of carbonyl (C=O) groups is 1. The van der Waals surface area contributed by atoms with Crippen molar-refractivity contribution in [1.29, 1.82) is 0 Å². The van der Waals surface area contributed by atoms with E-state index in [1.807, 2.05) is 12.1 Å². The van der Waals surface area contributed by atoms with Gasteiger partial charge in [0.25, 0.3) is 0 Å². The SMILES string of the molecule is CCc1cccc(NCc2ccc(C(=O)O)o2)c1. The van der Waals surface area contributed by atoms with E-state index in [0.717, 1.165) is 12.1 Å². The number of benzene rings is 1. The predicted octanol–water partition coefficient (Wildman–Crippen LogP) is 3.15. The minimum absolute atomic E-state index is 0.0332. The van der Waals surface area contributed by atoms with Gasteiger partial charge in [0.2, 0.25) is 5.76 Å². The highest BCUT2D eigenvalue weighted by molar-refractivity contribution is 5.84. The van der Waals surface area contributed by atoms with Crippen molar-refractivity contribution in [2.75, 3.05) is 5.32 Å². The normalized spacial score (nSPS) is 10.3. The fourth-order valence-corrected chi connectivity index (χ4v) is 1.68. The molecular formula is C14H15NO3. The number of aryl methyl sites for hydroxylation is 1. The van der Waals surface area contributed by atoms with Crippen LogP contribution in [0.25, 0.3) is 0 Å². The number of hydrogen-bond donors (Lipinski definition) is 2. The second kappa shape index (κ2) is 5.40. The van der Waals surface area contributed by atoms with Crippen molar-refractivity contribution in [3.63, 3.8) is 0 Å². The molecule has 4 heteroatoms. The van der Waals surface area contributed by atoms with E-state index in [1.165, 1.54) is 11.6 Å². The Morgan fingerprint density at radius 3 is 2.83 bits per heavy atom. The summed E-state index contributed by atoms with van der Waals surface area (Å²) in [7, 11) is 0. The standard InChI is InChI=1S/C14H15NO3/c1-2-10-4-3-5-11(8-10)15-9-12-6-7-13(18-12)14(16)17/h3-8,15H,2,9H2,1H3,(H,16,17). The Labute approximate surface area is 105 Å². The molecule has 0 aliphatic heterocycles. The molecule has 94 valence electrons. The summed E-state index contributed by atoms with van der Waals surface area (Å²) >= 11 is 0. The van der Waals surface area contributed by atoms with Gasteiger partial charge < -0.3 is 14.8 Å². The minimum Gasteiger partial charge on any atom is -0.475 e. The van der Waals surface area contributed by atoms with E-state index in [0.29, 0.717) is 12.3 Å². The molecular weight excluding hydrogens is 230 g/mol. The molecule has 1 aromatic carbocycles. The van der Waals surface area contributed by atoms with Crippen LogP contribution in [0.2, 0.25) is 0 Å². The number of furan rings is 1. The summed E-state index contributed by atoms with van der Waals surface area (Å²) in [6.07, 6.45) is 0.986. The van der Waals surface area contributed by atoms with Crippen LogP contribution in [0.4, 0.5) is 5.69 Å². The molecule has 18 heavy (non-hydrogen) atoms. The molecule has 0 saturated carbocycles. The zero-order valence-corrected chi connectivity index (χ0v) is 10.1. The predicted molar refractivity (Wildman–Crippen MR) is 68.8 cm³/mol. The highest BCUT2D eigenvalue weighted by Gasteiger charge is 2.08. The van der Waals surface area contributed by atoms with Gasteiger partial charge in [0.05, 0.1) is 6.54 Å². The lowest BCUT2D eigenvalue weighted by Gasteiger charge is -2.05. The molecule has 2 N–H and O–H groups in total. The fraction of sp³-hybridized carbons (Fsp3) is 0.214. The summed E-state index contributed by atoms with van der Waals surface area (Å²) in [6.45, 7) is 2.57. The van der Waals surface area contributed by atoms with Crippen LogP contribution >= 0.6 is 0 Å². The Bertz CT molecular complexity index is 545. The van der Waals surface area contributed by atoms with Crippen LogP contribution in [0.15, 0.2) is 40.8 Å². The zero-order chi connectivity index (χ0) is 13.0. The summed E-state index contributed by atoms with van der Waals surface area (Å²) in [5, 5.41) is 11.9. The van der Waals surface area contributed by atoms with Gasteiger partial charge >= 0.3 is 5.97 Å².